The lowest BCUT2D eigenvalue weighted by Gasteiger charge is -2.18. The van der Waals surface area contributed by atoms with E-state index >= 15 is 0 Å². The number of aromatic nitrogens is 3. The van der Waals surface area contributed by atoms with Gasteiger partial charge in [-0.15, -0.1) is 0 Å². The molecular weight excluding hydrogens is 357 g/mol. The maximum absolute atomic E-state index is 13.1. The van der Waals surface area contributed by atoms with E-state index in [4.69, 9.17) is 0 Å². The summed E-state index contributed by atoms with van der Waals surface area (Å²) in [5.74, 6) is 0. The van der Waals surface area contributed by atoms with E-state index in [0.29, 0.717) is 12.8 Å². The lowest BCUT2D eigenvalue weighted by atomic mass is 10.0. The fourth-order valence-corrected chi connectivity index (χ4v) is 3.08. The highest BCUT2D eigenvalue weighted by Crippen LogP contribution is 2.31. The molecule has 2 heterocycles. The minimum absolute atomic E-state index is 0.260. The summed E-state index contributed by atoms with van der Waals surface area (Å²) in [7, 11) is 0. The van der Waals surface area contributed by atoms with Crippen LogP contribution in [0, 0.1) is 0 Å². The molecule has 1 atom stereocenters. The summed E-state index contributed by atoms with van der Waals surface area (Å²) in [5, 5.41) is 10.2. The van der Waals surface area contributed by atoms with Gasteiger partial charge in [0.05, 0.1) is 11.9 Å². The summed E-state index contributed by atoms with van der Waals surface area (Å²) >= 11 is 0. The van der Waals surface area contributed by atoms with Crippen LogP contribution in [-0.4, -0.2) is 21.2 Å². The largest absolute Gasteiger partial charge is 0.423 e. The molecule has 5 nitrogen and oxygen atoms in total. The number of H-pyrrole nitrogens is 1. The number of nitrogens with zero attached hydrogens (tertiary/aromatic N) is 2. The van der Waals surface area contributed by atoms with Crippen molar-refractivity contribution >= 4 is 16.5 Å². The average molecular weight is 376 g/mol. The Morgan fingerprint density at radius 3 is 2.78 bits per heavy atom. The maximum atomic E-state index is 13.1. The van der Waals surface area contributed by atoms with Gasteiger partial charge in [-0.3, -0.25) is 9.78 Å². The maximum Gasteiger partial charge on any atom is 0.423 e. The number of hydrogen-bond acceptors (Lipinski definition) is 4. The number of anilines is 1. The van der Waals surface area contributed by atoms with Gasteiger partial charge >= 0.3 is 6.18 Å². The van der Waals surface area contributed by atoms with E-state index < -0.39 is 17.3 Å². The predicted molar refractivity (Wildman–Crippen MR) is 97.6 cm³/mol. The molecule has 0 saturated carbocycles. The fourth-order valence-electron chi connectivity index (χ4n) is 3.08. The van der Waals surface area contributed by atoms with Crippen molar-refractivity contribution in [1.29, 1.82) is 0 Å². The zero-order valence-electron chi connectivity index (χ0n) is 14.7. The fraction of sp³-hybridized carbons (Fsp3) is 0.316. The standard InChI is InChI=1S/C19H19F3N4O/c1-12(25-16-11-24-26-18(27)17(16)19(20,21)22)5-4-8-15-14-7-3-2-6-13(14)9-10-23-15/h2-3,6-7,9-12H,4-5,8H2,1H3,(H2,25,26,27). The van der Waals surface area contributed by atoms with Gasteiger partial charge in [0, 0.05) is 23.3 Å². The van der Waals surface area contributed by atoms with Crippen molar-refractivity contribution in [2.45, 2.75) is 38.4 Å². The topological polar surface area (TPSA) is 70.7 Å². The zero-order valence-corrected chi connectivity index (χ0v) is 14.7. The Balaban J connectivity index is 1.65. The van der Waals surface area contributed by atoms with Gasteiger partial charge in [-0.2, -0.15) is 18.3 Å². The molecule has 8 heteroatoms. The molecule has 1 aromatic carbocycles. The van der Waals surface area contributed by atoms with Crippen LogP contribution < -0.4 is 10.9 Å². The summed E-state index contributed by atoms with van der Waals surface area (Å²) in [4.78, 5) is 15.9. The van der Waals surface area contributed by atoms with Crippen LogP contribution in [0.1, 0.15) is 31.0 Å². The van der Waals surface area contributed by atoms with Crippen LogP contribution in [0.5, 0.6) is 0 Å². The molecule has 0 bridgehead atoms. The van der Waals surface area contributed by atoms with Crippen molar-refractivity contribution in [2.24, 2.45) is 0 Å². The first-order chi connectivity index (χ1) is 12.9. The second-order valence-electron chi connectivity index (χ2n) is 6.40. The Hall–Kier alpha value is -2.90. The van der Waals surface area contributed by atoms with E-state index in [1.807, 2.05) is 35.4 Å². The number of rotatable bonds is 6. The summed E-state index contributed by atoms with van der Waals surface area (Å²) < 4.78 is 39.3. The lowest BCUT2D eigenvalue weighted by Crippen LogP contribution is -2.27. The molecule has 0 amide bonds. The summed E-state index contributed by atoms with van der Waals surface area (Å²) in [6, 6.07) is 9.63. The highest BCUT2D eigenvalue weighted by Gasteiger charge is 2.37. The number of aryl methyl sites for hydroxylation is 1. The van der Waals surface area contributed by atoms with Crippen molar-refractivity contribution in [3.05, 3.63) is 64.3 Å². The van der Waals surface area contributed by atoms with Crippen LogP contribution in [0.25, 0.3) is 10.8 Å². The van der Waals surface area contributed by atoms with Gasteiger partial charge in [-0.25, -0.2) is 5.10 Å². The second-order valence-corrected chi connectivity index (χ2v) is 6.40. The number of fused-ring (bicyclic) bond motifs is 1. The Morgan fingerprint density at radius 2 is 2.00 bits per heavy atom. The number of alkyl halides is 3. The number of aromatic amines is 1. The lowest BCUT2D eigenvalue weighted by molar-refractivity contribution is -0.138. The van der Waals surface area contributed by atoms with Crippen LogP contribution in [0.3, 0.4) is 0 Å². The Kier molecular flexibility index (Phi) is 5.43. The minimum atomic E-state index is -4.74. The number of hydrogen-bond donors (Lipinski definition) is 2. The van der Waals surface area contributed by atoms with E-state index in [2.05, 4.69) is 15.4 Å². The van der Waals surface area contributed by atoms with Crippen LogP contribution in [0.2, 0.25) is 0 Å². The summed E-state index contributed by atoms with van der Waals surface area (Å²) in [6.45, 7) is 1.78. The third-order valence-electron chi connectivity index (χ3n) is 4.35. The van der Waals surface area contributed by atoms with Gasteiger partial charge in [0.25, 0.3) is 5.56 Å². The highest BCUT2D eigenvalue weighted by atomic mass is 19.4. The molecule has 0 radical (unpaired) electrons. The quantitative estimate of drug-likeness (QED) is 0.678. The van der Waals surface area contributed by atoms with E-state index in [9.17, 15) is 18.0 Å². The number of nitrogens with one attached hydrogen (secondary N) is 2. The number of halogens is 3. The third-order valence-corrected chi connectivity index (χ3v) is 4.35. The van der Waals surface area contributed by atoms with E-state index in [-0.39, 0.29) is 11.7 Å². The molecule has 2 aromatic heterocycles. The van der Waals surface area contributed by atoms with Crippen LogP contribution in [0.4, 0.5) is 18.9 Å². The second kappa shape index (κ2) is 7.77. The molecule has 1 unspecified atom stereocenters. The van der Waals surface area contributed by atoms with Gasteiger partial charge in [0.1, 0.15) is 5.56 Å². The van der Waals surface area contributed by atoms with Gasteiger partial charge in [-0.05, 0) is 37.6 Å². The van der Waals surface area contributed by atoms with Crippen molar-refractivity contribution in [3.8, 4) is 0 Å². The summed E-state index contributed by atoms with van der Waals surface area (Å²) in [5.41, 5.74) is -1.84. The normalized spacial score (nSPS) is 12.9. The van der Waals surface area contributed by atoms with E-state index in [1.54, 1.807) is 13.1 Å². The SMILES string of the molecule is CC(CCCc1nccc2ccccc12)Nc1cn[nH]c(=O)c1C(F)(F)F. The van der Waals surface area contributed by atoms with Crippen LogP contribution in [-0.2, 0) is 12.6 Å². The van der Waals surface area contributed by atoms with E-state index in [1.165, 1.54) is 0 Å². The Morgan fingerprint density at radius 1 is 1.22 bits per heavy atom. The molecule has 0 aliphatic carbocycles. The zero-order chi connectivity index (χ0) is 19.4. The summed E-state index contributed by atoms with van der Waals surface area (Å²) in [6.07, 6.45) is 0.0879. The molecule has 0 spiro atoms. The molecule has 2 N–H and O–H groups in total. The Labute approximate surface area is 153 Å². The first kappa shape index (κ1) is 18.9. The van der Waals surface area contributed by atoms with Crippen molar-refractivity contribution in [2.75, 3.05) is 5.32 Å². The smallest absolute Gasteiger partial charge is 0.381 e. The molecule has 3 aromatic rings. The van der Waals surface area contributed by atoms with Crippen LogP contribution in [0.15, 0.2) is 47.5 Å². The van der Waals surface area contributed by atoms with Crippen molar-refractivity contribution in [3.63, 3.8) is 0 Å². The molecule has 0 aliphatic heterocycles. The highest BCUT2D eigenvalue weighted by molar-refractivity contribution is 5.84. The van der Waals surface area contributed by atoms with Gasteiger partial charge < -0.3 is 5.32 Å². The van der Waals surface area contributed by atoms with Gasteiger partial charge in [0.2, 0.25) is 0 Å². The Bertz CT molecular complexity index is 979. The number of pyridine rings is 1. The molecule has 0 fully saturated rings. The molecule has 142 valence electrons. The molecule has 27 heavy (non-hydrogen) atoms. The monoisotopic (exact) mass is 376 g/mol. The van der Waals surface area contributed by atoms with Gasteiger partial charge in [0.15, 0.2) is 0 Å². The van der Waals surface area contributed by atoms with Crippen LogP contribution >= 0.6 is 0 Å². The minimum Gasteiger partial charge on any atom is -0.381 e. The predicted octanol–water partition coefficient (Wildman–Crippen LogP) is 4.16. The van der Waals surface area contributed by atoms with Crippen molar-refractivity contribution in [1.82, 2.24) is 15.2 Å². The third kappa shape index (κ3) is 4.45. The molecule has 3 rings (SSSR count). The van der Waals surface area contributed by atoms with Gasteiger partial charge in [-0.1, -0.05) is 24.3 Å². The van der Waals surface area contributed by atoms with E-state index in [0.717, 1.165) is 29.1 Å². The first-order valence-corrected chi connectivity index (χ1v) is 8.60. The number of benzene rings is 1. The average Bonchev–Trinajstić information content (AvgIpc) is 2.61. The van der Waals surface area contributed by atoms with Crippen molar-refractivity contribution < 1.29 is 13.2 Å². The molecule has 0 saturated heterocycles. The molecular formula is C19H19F3N4O. The first-order valence-electron chi connectivity index (χ1n) is 8.60. The molecule has 0 aliphatic rings.